The smallest absolute Gasteiger partial charge is 0.333 e. The molecule has 27 heavy (non-hydrogen) atoms. The normalized spacial score (nSPS) is 11.1. The van der Waals surface area contributed by atoms with Gasteiger partial charge in [0.2, 0.25) is 0 Å². The lowest BCUT2D eigenvalue weighted by Crippen LogP contribution is -2.37. The van der Waals surface area contributed by atoms with Gasteiger partial charge in [-0.15, -0.1) is 0 Å². The van der Waals surface area contributed by atoms with Crippen molar-refractivity contribution in [1.29, 1.82) is 5.26 Å². The maximum absolute atomic E-state index is 12.5. The van der Waals surface area contributed by atoms with Gasteiger partial charge in [-0.3, -0.25) is 9.59 Å². The van der Waals surface area contributed by atoms with Crippen molar-refractivity contribution in [2.24, 2.45) is 0 Å². The Morgan fingerprint density at radius 1 is 1.22 bits per heavy atom. The van der Waals surface area contributed by atoms with Gasteiger partial charge in [0.25, 0.3) is 11.8 Å². The molecular weight excluding hydrogens is 350 g/mol. The summed E-state index contributed by atoms with van der Waals surface area (Å²) in [4.78, 5) is 38.0. The highest BCUT2D eigenvalue weighted by Gasteiger charge is 2.26. The lowest BCUT2D eigenvalue weighted by Gasteiger charge is -2.19. The van der Waals surface area contributed by atoms with E-state index in [0.717, 1.165) is 0 Å². The number of hydrogen-bond donors (Lipinski definition) is 1. The predicted octanol–water partition coefficient (Wildman–Crippen LogP) is 1.67. The Bertz CT molecular complexity index is 812. The molecule has 1 N–H and O–H groups in total. The minimum atomic E-state index is -1.10. The Kier molecular flexibility index (Phi) is 7.14. The van der Waals surface area contributed by atoms with Crippen molar-refractivity contribution in [1.82, 2.24) is 10.2 Å². The third-order valence-electron chi connectivity index (χ3n) is 3.71. The van der Waals surface area contributed by atoms with E-state index in [2.05, 4.69) is 5.32 Å². The highest BCUT2D eigenvalue weighted by molar-refractivity contribution is 5.95. The summed E-state index contributed by atoms with van der Waals surface area (Å²) in [7, 11) is 1.51. The summed E-state index contributed by atoms with van der Waals surface area (Å²) in [5.41, 5.74) is 0.507. The molecule has 0 unspecified atom stereocenters. The van der Waals surface area contributed by atoms with E-state index < -0.39 is 30.4 Å². The van der Waals surface area contributed by atoms with Crippen LogP contribution in [0, 0.1) is 11.3 Å². The molecule has 8 heteroatoms. The van der Waals surface area contributed by atoms with Gasteiger partial charge in [-0.1, -0.05) is 30.3 Å². The third-order valence-corrected chi connectivity index (χ3v) is 3.71. The second kappa shape index (κ2) is 9.77. The van der Waals surface area contributed by atoms with Crippen molar-refractivity contribution < 1.29 is 23.5 Å². The van der Waals surface area contributed by atoms with E-state index in [-0.39, 0.29) is 18.7 Å². The summed E-state index contributed by atoms with van der Waals surface area (Å²) in [6, 6.07) is 12.4. The van der Waals surface area contributed by atoms with Crippen LogP contribution in [-0.2, 0) is 14.3 Å². The number of benzene rings is 1. The summed E-state index contributed by atoms with van der Waals surface area (Å²) < 4.78 is 10.1. The molecule has 0 spiro atoms. The zero-order valence-corrected chi connectivity index (χ0v) is 14.8. The summed E-state index contributed by atoms with van der Waals surface area (Å²) in [5.74, 6) is -1.75. The summed E-state index contributed by atoms with van der Waals surface area (Å²) in [6.45, 7) is -0.245. The van der Waals surface area contributed by atoms with Crippen molar-refractivity contribution in [3.63, 3.8) is 0 Å². The second-order valence-corrected chi connectivity index (χ2v) is 5.63. The molecule has 0 fully saturated rings. The lowest BCUT2D eigenvalue weighted by molar-refractivity contribution is -0.153. The number of nitrogens with one attached hydrogen (secondary N) is 1. The molecule has 0 saturated heterocycles. The number of esters is 1. The number of carbonyl (C=O) groups excluding carboxylic acids is 3. The van der Waals surface area contributed by atoms with Gasteiger partial charge in [-0.05, 0) is 17.7 Å². The van der Waals surface area contributed by atoms with Gasteiger partial charge in [0.05, 0.1) is 18.8 Å². The first-order chi connectivity index (χ1) is 13.0. The Hall–Kier alpha value is -3.60. The van der Waals surface area contributed by atoms with Crippen LogP contribution >= 0.6 is 0 Å². The van der Waals surface area contributed by atoms with Crippen LogP contribution in [0.4, 0.5) is 0 Å². The average Bonchev–Trinajstić information content (AvgIpc) is 3.23. The maximum Gasteiger partial charge on any atom is 0.333 e. The number of likely N-dealkylation sites (N-methyl/N-ethyl adjacent to an activating group) is 1. The monoisotopic (exact) mass is 369 g/mol. The fourth-order valence-electron chi connectivity index (χ4n) is 2.20. The first-order valence-electron chi connectivity index (χ1n) is 8.19. The molecule has 1 atom stereocenters. The molecule has 0 radical (unpaired) electrons. The van der Waals surface area contributed by atoms with Gasteiger partial charge in [-0.25, -0.2) is 4.79 Å². The van der Waals surface area contributed by atoms with Gasteiger partial charge in [-0.2, -0.15) is 5.26 Å². The predicted molar refractivity (Wildman–Crippen MR) is 94.2 cm³/mol. The van der Waals surface area contributed by atoms with E-state index in [1.807, 2.05) is 6.07 Å². The molecular formula is C19H19N3O5. The van der Waals surface area contributed by atoms with E-state index in [4.69, 9.17) is 14.4 Å². The first-order valence-corrected chi connectivity index (χ1v) is 8.19. The number of amides is 2. The van der Waals surface area contributed by atoms with Crippen molar-refractivity contribution in [3.8, 4) is 6.07 Å². The third kappa shape index (κ3) is 5.71. The van der Waals surface area contributed by atoms with Gasteiger partial charge < -0.3 is 19.4 Å². The number of hydrogen-bond acceptors (Lipinski definition) is 6. The number of nitrogens with zero attached hydrogens (tertiary/aromatic N) is 2. The van der Waals surface area contributed by atoms with E-state index >= 15 is 0 Å². The van der Waals surface area contributed by atoms with Gasteiger partial charge >= 0.3 is 5.97 Å². The van der Waals surface area contributed by atoms with Gasteiger partial charge in [0.15, 0.2) is 18.4 Å². The minimum absolute atomic E-state index is 0.0519. The Balaban J connectivity index is 2.04. The van der Waals surface area contributed by atoms with E-state index in [1.165, 1.54) is 24.3 Å². The second-order valence-electron chi connectivity index (χ2n) is 5.63. The Morgan fingerprint density at radius 2 is 1.96 bits per heavy atom. The van der Waals surface area contributed by atoms with Crippen LogP contribution < -0.4 is 5.32 Å². The molecule has 0 aliphatic heterocycles. The fraction of sp³-hybridized carbons (Fsp3) is 0.263. The molecule has 0 saturated carbocycles. The zero-order valence-electron chi connectivity index (χ0n) is 14.8. The van der Waals surface area contributed by atoms with Gasteiger partial charge in [0, 0.05) is 13.6 Å². The van der Waals surface area contributed by atoms with Crippen molar-refractivity contribution in [2.45, 2.75) is 12.5 Å². The van der Waals surface area contributed by atoms with E-state index in [0.29, 0.717) is 5.56 Å². The topological polar surface area (TPSA) is 113 Å². The molecule has 140 valence electrons. The van der Waals surface area contributed by atoms with Crippen LogP contribution in [0.15, 0.2) is 53.1 Å². The van der Waals surface area contributed by atoms with Crippen molar-refractivity contribution in [2.75, 3.05) is 20.2 Å². The highest BCUT2D eigenvalue weighted by Crippen LogP contribution is 2.16. The Labute approximate surface area is 156 Å². The number of ether oxygens (including phenoxy) is 1. The number of rotatable bonds is 8. The molecule has 1 aromatic carbocycles. The standard InChI is InChI=1S/C19H19N3O5/c1-22(11-6-10-20)16(23)13-27-19(25)17(14-7-3-2-4-8-14)21-18(24)15-9-5-12-26-15/h2-5,7-9,12,17H,6,11,13H2,1H3,(H,21,24)/t17-/m0/s1. The molecule has 0 bridgehead atoms. The molecule has 1 heterocycles. The molecule has 2 amide bonds. The molecule has 0 aliphatic carbocycles. The van der Waals surface area contributed by atoms with Gasteiger partial charge in [0.1, 0.15) is 0 Å². The largest absolute Gasteiger partial charge is 0.459 e. The molecule has 1 aromatic heterocycles. The summed E-state index contributed by atoms with van der Waals surface area (Å²) in [5, 5.41) is 11.1. The van der Waals surface area contributed by atoms with Crippen LogP contribution in [-0.4, -0.2) is 42.9 Å². The van der Waals surface area contributed by atoms with E-state index in [9.17, 15) is 14.4 Å². The molecule has 2 rings (SSSR count). The van der Waals surface area contributed by atoms with Crippen molar-refractivity contribution >= 4 is 17.8 Å². The van der Waals surface area contributed by atoms with Crippen LogP contribution in [0.3, 0.4) is 0 Å². The number of carbonyl (C=O) groups is 3. The average molecular weight is 369 g/mol. The van der Waals surface area contributed by atoms with Crippen LogP contribution in [0.5, 0.6) is 0 Å². The fourth-order valence-corrected chi connectivity index (χ4v) is 2.20. The molecule has 0 aliphatic rings. The summed E-state index contributed by atoms with van der Waals surface area (Å²) in [6.07, 6.45) is 1.53. The number of nitriles is 1. The maximum atomic E-state index is 12.5. The lowest BCUT2D eigenvalue weighted by atomic mass is 10.1. The first kappa shape index (κ1) is 19.7. The summed E-state index contributed by atoms with van der Waals surface area (Å²) >= 11 is 0. The Morgan fingerprint density at radius 3 is 2.59 bits per heavy atom. The zero-order chi connectivity index (χ0) is 19.6. The minimum Gasteiger partial charge on any atom is -0.459 e. The van der Waals surface area contributed by atoms with Crippen molar-refractivity contribution in [3.05, 3.63) is 60.1 Å². The van der Waals surface area contributed by atoms with E-state index in [1.54, 1.807) is 36.4 Å². The van der Waals surface area contributed by atoms with Crippen LogP contribution in [0.25, 0.3) is 0 Å². The molecule has 8 nitrogen and oxygen atoms in total. The van der Waals surface area contributed by atoms with Crippen LogP contribution in [0.1, 0.15) is 28.6 Å². The number of furan rings is 1. The quantitative estimate of drug-likeness (QED) is 0.708. The van der Waals surface area contributed by atoms with Crippen LogP contribution in [0.2, 0.25) is 0 Å². The molecule has 2 aromatic rings. The SMILES string of the molecule is CN(CCC#N)C(=O)COC(=O)[C@@H](NC(=O)c1ccco1)c1ccccc1. The highest BCUT2D eigenvalue weighted by atomic mass is 16.5.